The first-order valence-corrected chi connectivity index (χ1v) is 8.87. The van der Waals surface area contributed by atoms with Gasteiger partial charge in [0.2, 0.25) is 11.8 Å². The number of nitrogens with zero attached hydrogens (tertiary/aromatic N) is 3. The molecule has 1 aromatic heterocycles. The molecule has 0 saturated carbocycles. The summed E-state index contributed by atoms with van der Waals surface area (Å²) >= 11 is 0. The van der Waals surface area contributed by atoms with Crippen LogP contribution in [0.2, 0.25) is 0 Å². The topological polar surface area (TPSA) is 116 Å². The summed E-state index contributed by atoms with van der Waals surface area (Å²) in [5.74, 6) is 0.751. The molecular formula is C21H18N4O5. The fourth-order valence-corrected chi connectivity index (χ4v) is 2.50. The van der Waals surface area contributed by atoms with Gasteiger partial charge in [0.25, 0.3) is 5.69 Å². The molecule has 9 heteroatoms. The Morgan fingerprint density at radius 2 is 1.97 bits per heavy atom. The third-order valence-electron chi connectivity index (χ3n) is 3.94. The second kappa shape index (κ2) is 9.78. The number of pyridine rings is 1. The molecule has 9 nitrogen and oxygen atoms in total. The zero-order valence-corrected chi connectivity index (χ0v) is 16.0. The highest BCUT2D eigenvalue weighted by molar-refractivity contribution is 5.84. The zero-order chi connectivity index (χ0) is 21.3. The Morgan fingerprint density at radius 3 is 2.63 bits per heavy atom. The summed E-state index contributed by atoms with van der Waals surface area (Å²) < 4.78 is 10.9. The molecule has 2 aromatic carbocycles. The van der Waals surface area contributed by atoms with Gasteiger partial charge in [-0.3, -0.25) is 14.9 Å². The summed E-state index contributed by atoms with van der Waals surface area (Å²) in [6.07, 6.45) is 2.83. The molecule has 0 aliphatic rings. The summed E-state index contributed by atoms with van der Waals surface area (Å²) in [5, 5.41) is 14.7. The smallest absolute Gasteiger partial charge is 0.287 e. The van der Waals surface area contributed by atoms with Gasteiger partial charge in [0, 0.05) is 12.1 Å². The van der Waals surface area contributed by atoms with E-state index in [1.165, 1.54) is 25.5 Å². The molecule has 0 aliphatic carbocycles. The van der Waals surface area contributed by atoms with Crippen LogP contribution < -0.4 is 14.9 Å². The van der Waals surface area contributed by atoms with E-state index in [9.17, 15) is 14.9 Å². The lowest BCUT2D eigenvalue weighted by Gasteiger charge is -2.10. The largest absolute Gasteiger partial charge is 0.493 e. The number of methoxy groups -OCH3 is 1. The van der Waals surface area contributed by atoms with Crippen LogP contribution in [-0.2, 0) is 11.2 Å². The van der Waals surface area contributed by atoms with Crippen molar-refractivity contribution >= 4 is 17.8 Å². The molecule has 0 atom stereocenters. The number of carbonyl (C=O) groups excluding carboxylic acids is 1. The maximum absolute atomic E-state index is 11.9. The third kappa shape index (κ3) is 5.61. The highest BCUT2D eigenvalue weighted by Crippen LogP contribution is 2.31. The molecule has 3 rings (SSSR count). The minimum Gasteiger partial charge on any atom is -0.493 e. The first kappa shape index (κ1) is 20.5. The van der Waals surface area contributed by atoms with Crippen LogP contribution >= 0.6 is 0 Å². The van der Waals surface area contributed by atoms with Gasteiger partial charge in [-0.25, -0.2) is 10.4 Å². The van der Waals surface area contributed by atoms with E-state index in [4.69, 9.17) is 9.47 Å². The van der Waals surface area contributed by atoms with E-state index >= 15 is 0 Å². The SMILES string of the molecule is COc1cc(C=NNC(=O)Cc2ccccc2)ccc1Oc1ccc([N+](=O)[O-])cn1. The van der Waals surface area contributed by atoms with Crippen LogP contribution in [0.5, 0.6) is 17.4 Å². The molecule has 1 amide bonds. The van der Waals surface area contributed by atoms with Gasteiger partial charge >= 0.3 is 0 Å². The number of nitrogens with one attached hydrogen (secondary N) is 1. The van der Waals surface area contributed by atoms with E-state index in [2.05, 4.69) is 15.5 Å². The Morgan fingerprint density at radius 1 is 1.17 bits per heavy atom. The standard InChI is InChI=1S/C21H18N4O5/c1-29-19-11-16(13-23-24-20(26)12-15-5-3-2-4-6-15)7-9-18(19)30-21-10-8-17(14-22-21)25(27)28/h2-11,13-14H,12H2,1H3,(H,24,26). The van der Waals surface area contributed by atoms with Gasteiger partial charge in [0.05, 0.1) is 24.7 Å². The lowest BCUT2D eigenvalue weighted by Crippen LogP contribution is -2.19. The second-order valence-electron chi connectivity index (χ2n) is 6.08. The average Bonchev–Trinajstić information content (AvgIpc) is 2.75. The Kier molecular flexibility index (Phi) is 6.67. The van der Waals surface area contributed by atoms with Crippen molar-refractivity contribution < 1.29 is 19.2 Å². The summed E-state index contributed by atoms with van der Waals surface area (Å²) in [6, 6.07) is 17.1. The summed E-state index contributed by atoms with van der Waals surface area (Å²) in [6.45, 7) is 0. The number of rotatable bonds is 8. The lowest BCUT2D eigenvalue weighted by molar-refractivity contribution is -0.385. The minimum atomic E-state index is -0.538. The molecule has 1 N–H and O–H groups in total. The second-order valence-corrected chi connectivity index (χ2v) is 6.08. The molecule has 30 heavy (non-hydrogen) atoms. The van der Waals surface area contributed by atoms with E-state index in [0.717, 1.165) is 11.8 Å². The number of nitro groups is 1. The van der Waals surface area contributed by atoms with E-state index in [1.54, 1.807) is 18.2 Å². The van der Waals surface area contributed by atoms with Crippen molar-refractivity contribution in [1.29, 1.82) is 0 Å². The predicted octanol–water partition coefficient (Wildman–Crippen LogP) is 3.48. The molecule has 1 heterocycles. The van der Waals surface area contributed by atoms with E-state index in [0.29, 0.717) is 17.1 Å². The molecular weight excluding hydrogens is 388 g/mol. The number of hydrazone groups is 1. The van der Waals surface area contributed by atoms with Gasteiger partial charge < -0.3 is 9.47 Å². The van der Waals surface area contributed by atoms with E-state index < -0.39 is 4.92 Å². The minimum absolute atomic E-state index is 0.129. The van der Waals surface area contributed by atoms with Crippen LogP contribution in [0.1, 0.15) is 11.1 Å². The summed E-state index contributed by atoms with van der Waals surface area (Å²) in [5.41, 5.74) is 3.92. The van der Waals surface area contributed by atoms with E-state index in [1.807, 2.05) is 30.3 Å². The predicted molar refractivity (Wildman–Crippen MR) is 110 cm³/mol. The quantitative estimate of drug-likeness (QED) is 0.348. The number of hydrogen-bond donors (Lipinski definition) is 1. The Labute approximate surface area is 172 Å². The molecule has 0 unspecified atom stereocenters. The molecule has 152 valence electrons. The van der Waals surface area contributed by atoms with Crippen LogP contribution in [0.4, 0.5) is 5.69 Å². The van der Waals surface area contributed by atoms with E-state index in [-0.39, 0.29) is 23.9 Å². The van der Waals surface area contributed by atoms with Crippen LogP contribution in [-0.4, -0.2) is 29.1 Å². The summed E-state index contributed by atoms with van der Waals surface area (Å²) in [7, 11) is 1.48. The lowest BCUT2D eigenvalue weighted by atomic mass is 10.1. The maximum atomic E-state index is 11.9. The average molecular weight is 406 g/mol. The number of hydrogen-bond acceptors (Lipinski definition) is 7. The highest BCUT2D eigenvalue weighted by atomic mass is 16.6. The molecule has 0 saturated heterocycles. The van der Waals surface area contributed by atoms with Gasteiger partial charge in [0.15, 0.2) is 11.5 Å². The fraction of sp³-hybridized carbons (Fsp3) is 0.0952. The van der Waals surface area contributed by atoms with Crippen molar-refractivity contribution in [3.05, 3.63) is 88.1 Å². The Bertz CT molecular complexity index is 1050. The van der Waals surface area contributed by atoms with Crippen LogP contribution in [0.25, 0.3) is 0 Å². The molecule has 0 bridgehead atoms. The van der Waals surface area contributed by atoms with Crippen molar-refractivity contribution in [2.45, 2.75) is 6.42 Å². The first-order chi connectivity index (χ1) is 14.5. The Balaban J connectivity index is 1.62. The number of benzene rings is 2. The third-order valence-corrected chi connectivity index (χ3v) is 3.94. The number of carbonyl (C=O) groups is 1. The first-order valence-electron chi connectivity index (χ1n) is 8.87. The normalized spacial score (nSPS) is 10.6. The van der Waals surface area contributed by atoms with Crippen molar-refractivity contribution in [3.63, 3.8) is 0 Å². The van der Waals surface area contributed by atoms with Gasteiger partial charge in [-0.05, 0) is 29.3 Å². The molecule has 0 fully saturated rings. The number of amides is 1. The van der Waals surface area contributed by atoms with Crippen LogP contribution in [0.3, 0.4) is 0 Å². The number of ether oxygens (including phenoxy) is 2. The number of aromatic nitrogens is 1. The van der Waals surface area contributed by atoms with Gasteiger partial charge in [-0.1, -0.05) is 30.3 Å². The van der Waals surface area contributed by atoms with Crippen molar-refractivity contribution in [2.75, 3.05) is 7.11 Å². The van der Waals surface area contributed by atoms with Gasteiger partial charge in [0.1, 0.15) is 6.20 Å². The Hall–Kier alpha value is -4.27. The van der Waals surface area contributed by atoms with Gasteiger partial charge in [-0.2, -0.15) is 5.10 Å². The van der Waals surface area contributed by atoms with Crippen LogP contribution in [0, 0.1) is 10.1 Å². The molecule has 0 radical (unpaired) electrons. The maximum Gasteiger partial charge on any atom is 0.287 e. The zero-order valence-electron chi connectivity index (χ0n) is 16.0. The van der Waals surface area contributed by atoms with Gasteiger partial charge in [-0.15, -0.1) is 0 Å². The molecule has 0 spiro atoms. The van der Waals surface area contributed by atoms with Crippen molar-refractivity contribution in [2.24, 2.45) is 5.10 Å². The monoisotopic (exact) mass is 406 g/mol. The molecule has 3 aromatic rings. The fourth-order valence-electron chi connectivity index (χ4n) is 2.50. The summed E-state index contributed by atoms with van der Waals surface area (Å²) in [4.78, 5) is 26.0. The van der Waals surface area contributed by atoms with Crippen molar-refractivity contribution in [1.82, 2.24) is 10.4 Å². The molecule has 0 aliphatic heterocycles. The van der Waals surface area contributed by atoms with Crippen LogP contribution in [0.15, 0.2) is 72.0 Å². The highest BCUT2D eigenvalue weighted by Gasteiger charge is 2.10. The van der Waals surface area contributed by atoms with Crippen molar-refractivity contribution in [3.8, 4) is 17.4 Å².